The van der Waals surface area contributed by atoms with Crippen LogP contribution in [0.4, 0.5) is 0 Å². The molecule has 0 heterocycles. The lowest BCUT2D eigenvalue weighted by Crippen LogP contribution is -2.50. The van der Waals surface area contributed by atoms with E-state index in [0.29, 0.717) is 10.6 Å². The number of benzene rings is 2. The molecule has 0 fully saturated rings. The molecule has 4 nitrogen and oxygen atoms in total. The fraction of sp³-hybridized carbons (Fsp3) is 0.333. The second-order valence-corrected chi connectivity index (χ2v) is 6.92. The van der Waals surface area contributed by atoms with Crippen molar-refractivity contribution < 1.29 is 9.59 Å². The molecule has 0 saturated carbocycles. The van der Waals surface area contributed by atoms with Gasteiger partial charge in [-0.15, -0.1) is 0 Å². The van der Waals surface area contributed by atoms with E-state index >= 15 is 0 Å². The molecule has 138 valence electrons. The number of nitrogens with one attached hydrogen (secondary N) is 2. The van der Waals surface area contributed by atoms with Crippen molar-refractivity contribution in [3.63, 3.8) is 0 Å². The normalized spacial score (nSPS) is 14.2. The van der Waals surface area contributed by atoms with Crippen molar-refractivity contribution >= 4 is 23.4 Å². The summed E-state index contributed by atoms with van der Waals surface area (Å²) in [4.78, 5) is 25.3. The molecule has 5 heteroatoms. The predicted molar refractivity (Wildman–Crippen MR) is 105 cm³/mol. The molecule has 3 atom stereocenters. The number of hydrogen-bond donors (Lipinski definition) is 2. The zero-order valence-corrected chi connectivity index (χ0v) is 16.1. The zero-order valence-electron chi connectivity index (χ0n) is 15.3. The average molecular weight is 373 g/mol. The van der Waals surface area contributed by atoms with Crippen molar-refractivity contribution in [1.29, 1.82) is 0 Å². The first-order chi connectivity index (χ1) is 12.4. The summed E-state index contributed by atoms with van der Waals surface area (Å²) in [5.74, 6) is -0.420. The Morgan fingerprint density at radius 2 is 1.58 bits per heavy atom. The van der Waals surface area contributed by atoms with Gasteiger partial charge in [-0.1, -0.05) is 62.2 Å². The van der Waals surface area contributed by atoms with Crippen molar-refractivity contribution in [1.82, 2.24) is 10.6 Å². The van der Waals surface area contributed by atoms with Gasteiger partial charge in [0.25, 0.3) is 5.91 Å². The Bertz CT molecular complexity index is 731. The molecule has 3 unspecified atom stereocenters. The van der Waals surface area contributed by atoms with E-state index in [0.717, 1.165) is 12.0 Å². The average Bonchev–Trinajstić information content (AvgIpc) is 2.66. The molecule has 0 saturated heterocycles. The highest BCUT2D eigenvalue weighted by Crippen LogP contribution is 2.17. The molecule has 26 heavy (non-hydrogen) atoms. The summed E-state index contributed by atoms with van der Waals surface area (Å²) in [7, 11) is 0. The summed E-state index contributed by atoms with van der Waals surface area (Å²) in [6.45, 7) is 5.87. The van der Waals surface area contributed by atoms with Gasteiger partial charge in [0.1, 0.15) is 6.04 Å². The number of amides is 2. The van der Waals surface area contributed by atoms with Crippen LogP contribution in [0.25, 0.3) is 0 Å². The van der Waals surface area contributed by atoms with Crippen LogP contribution in [0.1, 0.15) is 49.2 Å². The van der Waals surface area contributed by atoms with E-state index in [9.17, 15) is 9.59 Å². The lowest BCUT2D eigenvalue weighted by molar-refractivity contribution is -0.124. The van der Waals surface area contributed by atoms with E-state index in [1.54, 1.807) is 36.4 Å². The van der Waals surface area contributed by atoms with Crippen molar-refractivity contribution in [3.05, 3.63) is 70.7 Å². The lowest BCUT2D eigenvalue weighted by Gasteiger charge is -2.25. The Balaban J connectivity index is 2.09. The van der Waals surface area contributed by atoms with Gasteiger partial charge in [-0.3, -0.25) is 9.59 Å². The fourth-order valence-corrected chi connectivity index (χ4v) is 2.78. The smallest absolute Gasteiger partial charge is 0.251 e. The van der Waals surface area contributed by atoms with Crippen molar-refractivity contribution in [2.24, 2.45) is 5.92 Å². The maximum atomic E-state index is 12.8. The third kappa shape index (κ3) is 5.33. The van der Waals surface area contributed by atoms with Crippen LogP contribution in [0.5, 0.6) is 0 Å². The Labute approximate surface area is 159 Å². The van der Waals surface area contributed by atoms with Gasteiger partial charge in [0.05, 0.1) is 6.04 Å². The molecule has 2 N–H and O–H groups in total. The van der Waals surface area contributed by atoms with Gasteiger partial charge >= 0.3 is 0 Å². The van der Waals surface area contributed by atoms with Crippen LogP contribution in [0.3, 0.4) is 0 Å². The molecule has 0 spiro atoms. The van der Waals surface area contributed by atoms with Crippen LogP contribution >= 0.6 is 11.6 Å². The third-order valence-electron chi connectivity index (χ3n) is 4.55. The number of halogens is 1. The second-order valence-electron chi connectivity index (χ2n) is 6.48. The number of carbonyl (C=O) groups is 2. The summed E-state index contributed by atoms with van der Waals surface area (Å²) in [5.41, 5.74) is 1.50. The van der Waals surface area contributed by atoms with Crippen LogP contribution < -0.4 is 10.6 Å². The highest BCUT2D eigenvalue weighted by Gasteiger charge is 2.27. The molecule has 2 rings (SSSR count). The van der Waals surface area contributed by atoms with Gasteiger partial charge < -0.3 is 10.6 Å². The van der Waals surface area contributed by atoms with E-state index in [2.05, 4.69) is 10.6 Å². The summed E-state index contributed by atoms with van der Waals surface area (Å²) in [5, 5.41) is 6.52. The van der Waals surface area contributed by atoms with Crippen LogP contribution in [-0.4, -0.2) is 17.9 Å². The molecular formula is C21H25ClN2O2. The first-order valence-electron chi connectivity index (χ1n) is 8.84. The summed E-state index contributed by atoms with van der Waals surface area (Å²) in [6, 6.07) is 15.5. The minimum absolute atomic E-state index is 0.0140. The summed E-state index contributed by atoms with van der Waals surface area (Å²) in [6.07, 6.45) is 0.780. The van der Waals surface area contributed by atoms with Crippen molar-refractivity contribution in [2.45, 2.75) is 39.3 Å². The minimum atomic E-state index is -0.595. The quantitative estimate of drug-likeness (QED) is 0.758. The highest BCUT2D eigenvalue weighted by molar-refractivity contribution is 6.30. The SMILES string of the molecule is CCC(C)C(NC(=O)c1ccccc1)C(=O)NC(C)c1ccc(Cl)cc1. The molecule has 0 radical (unpaired) electrons. The van der Waals surface area contributed by atoms with Gasteiger partial charge in [-0.05, 0) is 42.7 Å². The van der Waals surface area contributed by atoms with E-state index < -0.39 is 6.04 Å². The first-order valence-corrected chi connectivity index (χ1v) is 9.22. The predicted octanol–water partition coefficient (Wildman–Crippen LogP) is 4.36. The zero-order chi connectivity index (χ0) is 19.1. The molecule has 2 amide bonds. The Kier molecular flexibility index (Phi) is 7.22. The lowest BCUT2D eigenvalue weighted by atomic mass is 9.97. The van der Waals surface area contributed by atoms with Gasteiger partial charge in [0.2, 0.25) is 5.91 Å². The van der Waals surface area contributed by atoms with Crippen LogP contribution in [0, 0.1) is 5.92 Å². The van der Waals surface area contributed by atoms with Crippen LogP contribution in [0.2, 0.25) is 5.02 Å². The van der Waals surface area contributed by atoms with E-state index in [1.807, 2.05) is 39.0 Å². The van der Waals surface area contributed by atoms with Gasteiger partial charge in [-0.25, -0.2) is 0 Å². The maximum absolute atomic E-state index is 12.8. The molecule has 0 aliphatic carbocycles. The van der Waals surface area contributed by atoms with Crippen LogP contribution in [-0.2, 0) is 4.79 Å². The van der Waals surface area contributed by atoms with Gasteiger partial charge in [0, 0.05) is 10.6 Å². The third-order valence-corrected chi connectivity index (χ3v) is 4.80. The second kappa shape index (κ2) is 9.39. The number of hydrogen-bond acceptors (Lipinski definition) is 2. The first kappa shape index (κ1) is 20.0. The summed E-state index contributed by atoms with van der Waals surface area (Å²) >= 11 is 5.91. The molecule has 2 aromatic carbocycles. The topological polar surface area (TPSA) is 58.2 Å². The molecular weight excluding hydrogens is 348 g/mol. The van der Waals surface area contributed by atoms with Gasteiger partial charge in [-0.2, -0.15) is 0 Å². The van der Waals surface area contributed by atoms with Gasteiger partial charge in [0.15, 0.2) is 0 Å². The van der Waals surface area contributed by atoms with Crippen molar-refractivity contribution in [2.75, 3.05) is 0 Å². The minimum Gasteiger partial charge on any atom is -0.348 e. The fourth-order valence-electron chi connectivity index (χ4n) is 2.65. The Morgan fingerprint density at radius 1 is 0.962 bits per heavy atom. The standard InChI is InChI=1S/C21H25ClN2O2/c1-4-14(2)19(24-20(25)17-8-6-5-7-9-17)21(26)23-15(3)16-10-12-18(22)13-11-16/h5-15,19H,4H2,1-3H3,(H,23,26)(H,24,25). The van der Waals surface area contributed by atoms with Crippen molar-refractivity contribution in [3.8, 4) is 0 Å². The summed E-state index contributed by atoms with van der Waals surface area (Å²) < 4.78 is 0. The molecule has 2 aromatic rings. The maximum Gasteiger partial charge on any atom is 0.251 e. The van der Waals surface area contributed by atoms with Crippen LogP contribution in [0.15, 0.2) is 54.6 Å². The molecule has 0 aliphatic rings. The Morgan fingerprint density at radius 3 is 2.15 bits per heavy atom. The molecule has 0 aromatic heterocycles. The van der Waals surface area contributed by atoms with E-state index in [1.165, 1.54) is 0 Å². The van der Waals surface area contributed by atoms with E-state index in [4.69, 9.17) is 11.6 Å². The number of carbonyl (C=O) groups excluding carboxylic acids is 2. The molecule has 0 bridgehead atoms. The highest BCUT2D eigenvalue weighted by atomic mass is 35.5. The van der Waals surface area contributed by atoms with E-state index in [-0.39, 0.29) is 23.8 Å². The largest absolute Gasteiger partial charge is 0.348 e. The Hall–Kier alpha value is -2.33. The monoisotopic (exact) mass is 372 g/mol. The molecule has 0 aliphatic heterocycles. The number of rotatable bonds is 7.